The topological polar surface area (TPSA) is 0 Å². The van der Waals surface area contributed by atoms with Crippen LogP contribution in [0.1, 0.15) is 39.5 Å². The van der Waals surface area contributed by atoms with Crippen molar-refractivity contribution in [3.8, 4) is 0 Å². The summed E-state index contributed by atoms with van der Waals surface area (Å²) in [6.45, 7) is 4.70. The maximum atomic E-state index is 2.43. The van der Waals surface area contributed by atoms with Gasteiger partial charge in [-0.05, 0) is 0 Å². The van der Waals surface area contributed by atoms with Crippen LogP contribution >= 0.6 is 0 Å². The van der Waals surface area contributed by atoms with Gasteiger partial charge in [-0.2, -0.15) is 0 Å². The van der Waals surface area contributed by atoms with E-state index >= 15 is 0 Å². The standard InChI is InChI=1S/C9H17.Li/c1-3-4-9-6-5-8(2)7-9;/h7-9H,3-6H2,1-2H3;. The second-order valence-corrected chi connectivity index (χ2v) is 3.96. The Morgan fingerprint density at radius 2 is 2.10 bits per heavy atom. The van der Waals surface area contributed by atoms with E-state index in [1.54, 1.807) is 0 Å². The van der Waals surface area contributed by atoms with E-state index in [9.17, 15) is 0 Å². The Kier molecular flexibility index (Phi) is 3.33. The van der Waals surface area contributed by atoms with Gasteiger partial charge in [0.15, 0.2) is 0 Å². The zero-order chi connectivity index (χ0) is 7.56. The number of hydrogen-bond donors (Lipinski definition) is 0. The van der Waals surface area contributed by atoms with Gasteiger partial charge in [0.05, 0.1) is 0 Å². The molecule has 54 valence electrons. The normalized spacial score (nSPS) is 40.6. The second-order valence-electron chi connectivity index (χ2n) is 3.96. The summed E-state index contributed by atoms with van der Waals surface area (Å²) in [6.07, 6.45) is 5.81. The molecule has 0 aromatic carbocycles. The van der Waals surface area contributed by atoms with Gasteiger partial charge in [0.25, 0.3) is 0 Å². The Bertz CT molecular complexity index is 98.9. The molecule has 0 bridgehead atoms. The minimum absolute atomic E-state index is 0.997. The molecule has 0 aromatic heterocycles. The molecule has 3 unspecified atom stereocenters. The molecule has 0 N–H and O–H groups in total. The molecule has 1 aliphatic carbocycles. The molecule has 1 fully saturated rings. The molecule has 10 heavy (non-hydrogen) atoms. The molecule has 1 heteroatoms. The minimum atomic E-state index is 0.997. The third kappa shape index (κ3) is 1.80. The zero-order valence-corrected chi connectivity index (χ0v) is 7.56. The Balaban J connectivity index is 2.33. The van der Waals surface area contributed by atoms with Gasteiger partial charge in [0, 0.05) is 0 Å². The summed E-state index contributed by atoms with van der Waals surface area (Å²) >= 11 is 2.43. The third-order valence-corrected chi connectivity index (χ3v) is 3.29. The quantitative estimate of drug-likeness (QED) is 0.507. The van der Waals surface area contributed by atoms with Crippen molar-refractivity contribution in [1.82, 2.24) is 0 Å². The van der Waals surface area contributed by atoms with E-state index in [2.05, 4.69) is 31.6 Å². The van der Waals surface area contributed by atoms with Gasteiger partial charge < -0.3 is 0 Å². The average molecular weight is 132 g/mol. The van der Waals surface area contributed by atoms with Crippen molar-refractivity contribution in [3.63, 3.8) is 0 Å². The van der Waals surface area contributed by atoms with Crippen LogP contribution < -0.4 is 0 Å². The van der Waals surface area contributed by atoms with Crippen molar-refractivity contribution < 1.29 is 0 Å². The van der Waals surface area contributed by atoms with Gasteiger partial charge in [-0.1, -0.05) is 0 Å². The molecule has 0 nitrogen and oxygen atoms in total. The molecule has 0 amide bonds. The Morgan fingerprint density at radius 1 is 1.40 bits per heavy atom. The van der Waals surface area contributed by atoms with Crippen molar-refractivity contribution in [2.24, 2.45) is 11.8 Å². The summed E-state index contributed by atoms with van der Waals surface area (Å²) in [6, 6.07) is 0. The molecule has 1 aliphatic rings. The number of hydrogen-bond acceptors (Lipinski definition) is 0. The Morgan fingerprint density at radius 3 is 2.50 bits per heavy atom. The van der Waals surface area contributed by atoms with Crippen LogP contribution in [0.2, 0.25) is 4.59 Å². The van der Waals surface area contributed by atoms with Gasteiger partial charge in [-0.15, -0.1) is 0 Å². The van der Waals surface area contributed by atoms with Crippen molar-refractivity contribution in [3.05, 3.63) is 0 Å². The molecule has 0 radical (unpaired) electrons. The van der Waals surface area contributed by atoms with E-state index in [4.69, 9.17) is 0 Å². The average Bonchev–Trinajstić information content (AvgIpc) is 2.20. The van der Waals surface area contributed by atoms with E-state index in [1.807, 2.05) is 0 Å². The summed E-state index contributed by atoms with van der Waals surface area (Å²) in [5.74, 6) is 2.05. The predicted molar refractivity (Wildman–Crippen MR) is 46.3 cm³/mol. The molecule has 0 saturated heterocycles. The van der Waals surface area contributed by atoms with Crippen LogP contribution in [0.3, 0.4) is 0 Å². The molecule has 1 saturated carbocycles. The van der Waals surface area contributed by atoms with Gasteiger partial charge in [-0.25, -0.2) is 0 Å². The van der Waals surface area contributed by atoms with Gasteiger partial charge in [0.1, 0.15) is 0 Å². The Labute approximate surface area is 74.0 Å². The van der Waals surface area contributed by atoms with E-state index < -0.39 is 0 Å². The maximum absolute atomic E-state index is 2.43. The first-order chi connectivity index (χ1) is 4.75. The van der Waals surface area contributed by atoms with Crippen molar-refractivity contribution >= 4 is 17.7 Å². The summed E-state index contributed by atoms with van der Waals surface area (Å²) < 4.78 is 1.000. The molecule has 1 rings (SSSR count). The van der Waals surface area contributed by atoms with E-state index in [0.29, 0.717) is 0 Å². The first-order valence-corrected chi connectivity index (χ1v) is 4.75. The van der Waals surface area contributed by atoms with Crippen molar-refractivity contribution in [2.75, 3.05) is 0 Å². The molecule has 0 heterocycles. The summed E-state index contributed by atoms with van der Waals surface area (Å²) in [5, 5.41) is 0. The van der Waals surface area contributed by atoms with Gasteiger partial charge in [-0.3, -0.25) is 0 Å². The second kappa shape index (κ2) is 3.84. The van der Waals surface area contributed by atoms with Gasteiger partial charge in [0.2, 0.25) is 0 Å². The van der Waals surface area contributed by atoms with Crippen LogP contribution in [0, 0.1) is 11.8 Å². The van der Waals surface area contributed by atoms with E-state index in [0.717, 1.165) is 16.4 Å². The molecular weight excluding hydrogens is 115 g/mol. The van der Waals surface area contributed by atoms with Crippen molar-refractivity contribution in [2.45, 2.75) is 44.1 Å². The van der Waals surface area contributed by atoms with Crippen LogP contribution in [-0.2, 0) is 0 Å². The number of rotatable bonds is 2. The summed E-state index contributed by atoms with van der Waals surface area (Å²) in [4.78, 5) is 0. The summed E-state index contributed by atoms with van der Waals surface area (Å²) in [5.41, 5.74) is 0. The van der Waals surface area contributed by atoms with Crippen LogP contribution in [0.4, 0.5) is 0 Å². The first kappa shape index (κ1) is 8.69. The molecule has 0 aromatic rings. The van der Waals surface area contributed by atoms with Crippen LogP contribution in [-0.4, -0.2) is 17.7 Å². The summed E-state index contributed by atoms with van der Waals surface area (Å²) in [7, 11) is 0. The van der Waals surface area contributed by atoms with Gasteiger partial charge >= 0.3 is 73.7 Å². The predicted octanol–water partition coefficient (Wildman–Crippen LogP) is 2.79. The fraction of sp³-hybridized carbons (Fsp3) is 1.00. The van der Waals surface area contributed by atoms with Crippen LogP contribution in [0.15, 0.2) is 0 Å². The first-order valence-electron chi connectivity index (χ1n) is 4.75. The Hall–Kier alpha value is 0.597. The SMILES string of the molecule is [Li][CH]1C(C)CCC1CCC. The molecule has 3 atom stereocenters. The molecular formula is C9H17Li. The molecule has 0 aliphatic heterocycles. The van der Waals surface area contributed by atoms with Crippen molar-refractivity contribution in [1.29, 1.82) is 0 Å². The monoisotopic (exact) mass is 132 g/mol. The fourth-order valence-electron chi connectivity index (χ4n) is 2.25. The fourth-order valence-corrected chi connectivity index (χ4v) is 2.25. The van der Waals surface area contributed by atoms with Crippen LogP contribution in [0.5, 0.6) is 0 Å². The molecule has 0 spiro atoms. The zero-order valence-electron chi connectivity index (χ0n) is 7.56. The van der Waals surface area contributed by atoms with Crippen LogP contribution in [0.25, 0.3) is 0 Å². The van der Waals surface area contributed by atoms with E-state index in [1.165, 1.54) is 25.7 Å². The third-order valence-electron chi connectivity index (χ3n) is 3.29. The van der Waals surface area contributed by atoms with E-state index in [-0.39, 0.29) is 0 Å².